The van der Waals surface area contributed by atoms with Gasteiger partial charge in [0.05, 0.1) is 0 Å². The summed E-state index contributed by atoms with van der Waals surface area (Å²) in [6, 6.07) is 8.46. The van der Waals surface area contributed by atoms with Gasteiger partial charge in [0.2, 0.25) is 0 Å². The molecule has 0 atom stereocenters. The molecule has 1 heterocycles. The average Bonchev–Trinajstić information content (AvgIpc) is 2.52. The molecule has 1 saturated carbocycles. The van der Waals surface area contributed by atoms with Crippen molar-refractivity contribution < 1.29 is 17.5 Å². The van der Waals surface area contributed by atoms with Gasteiger partial charge in [-0.15, -0.1) is 0 Å². The molecule has 0 spiro atoms. The standard InChI is InChI=1S/C15H19N3.H2O4S/c1-2-7-13(8-3-1)17-18-15-14-9-5-4-6-12(14)10-11-16-15;1-5(2,3)4/h4-6,9H,1-3,7-8,10-11H2,(H,16,18);(H2,1,2,3,4). The first-order valence-corrected chi connectivity index (χ1v) is 8.97. The Morgan fingerprint density at radius 3 is 2.39 bits per heavy atom. The number of amidine groups is 1. The van der Waals surface area contributed by atoms with Crippen LogP contribution in [0.2, 0.25) is 0 Å². The highest BCUT2D eigenvalue weighted by atomic mass is 32.3. The molecular formula is C15H21N3O4S. The molecule has 0 aromatic heterocycles. The van der Waals surface area contributed by atoms with Crippen LogP contribution in [0.15, 0.2) is 34.4 Å². The topological polar surface area (TPSA) is 111 Å². The van der Waals surface area contributed by atoms with Gasteiger partial charge >= 0.3 is 10.4 Å². The van der Waals surface area contributed by atoms with Crippen molar-refractivity contribution in [3.05, 3.63) is 35.4 Å². The van der Waals surface area contributed by atoms with E-state index in [1.165, 1.54) is 36.1 Å². The van der Waals surface area contributed by atoms with Crippen molar-refractivity contribution in [2.75, 3.05) is 6.54 Å². The molecule has 0 saturated heterocycles. The molecule has 7 nitrogen and oxygen atoms in total. The molecule has 8 heteroatoms. The van der Waals surface area contributed by atoms with Crippen molar-refractivity contribution in [3.63, 3.8) is 0 Å². The van der Waals surface area contributed by atoms with Gasteiger partial charge in [-0.25, -0.2) is 0 Å². The van der Waals surface area contributed by atoms with Crippen molar-refractivity contribution in [2.24, 2.45) is 10.1 Å². The first kappa shape index (κ1) is 17.6. The molecule has 1 fully saturated rings. The maximum Gasteiger partial charge on any atom is 0.394 e. The highest BCUT2D eigenvalue weighted by molar-refractivity contribution is 7.79. The van der Waals surface area contributed by atoms with E-state index in [-0.39, 0.29) is 0 Å². The van der Waals surface area contributed by atoms with Gasteiger partial charge in [-0.1, -0.05) is 30.7 Å². The van der Waals surface area contributed by atoms with E-state index < -0.39 is 10.4 Å². The van der Waals surface area contributed by atoms with Crippen LogP contribution in [0.3, 0.4) is 0 Å². The zero-order valence-electron chi connectivity index (χ0n) is 12.8. The quantitative estimate of drug-likeness (QED) is 0.537. The monoisotopic (exact) mass is 339 g/mol. The molecular weight excluding hydrogens is 318 g/mol. The van der Waals surface area contributed by atoms with E-state index in [9.17, 15) is 0 Å². The summed E-state index contributed by atoms with van der Waals surface area (Å²) < 4.78 is 31.6. The number of benzene rings is 1. The Morgan fingerprint density at radius 2 is 1.70 bits per heavy atom. The first-order chi connectivity index (χ1) is 10.9. The maximum atomic E-state index is 8.74. The fraction of sp³-hybridized carbons (Fsp3) is 0.467. The number of hydrogen-bond acceptors (Lipinski definition) is 5. The van der Waals surface area contributed by atoms with E-state index in [0.29, 0.717) is 0 Å². The number of fused-ring (bicyclic) bond motifs is 1. The lowest BCUT2D eigenvalue weighted by Crippen LogP contribution is -2.26. The Kier molecular flexibility index (Phi) is 6.26. The predicted octanol–water partition coefficient (Wildman–Crippen LogP) is 2.25. The smallest absolute Gasteiger partial charge is 0.266 e. The lowest BCUT2D eigenvalue weighted by molar-refractivity contribution is 0.381. The first-order valence-electron chi connectivity index (χ1n) is 7.57. The van der Waals surface area contributed by atoms with E-state index in [2.05, 4.69) is 39.8 Å². The van der Waals surface area contributed by atoms with Gasteiger partial charge < -0.3 is 0 Å². The fourth-order valence-electron chi connectivity index (χ4n) is 2.64. The van der Waals surface area contributed by atoms with Gasteiger partial charge in [0.25, 0.3) is 0 Å². The van der Waals surface area contributed by atoms with Crippen molar-refractivity contribution in [3.8, 4) is 0 Å². The molecule has 3 N–H and O–H groups in total. The van der Waals surface area contributed by atoms with E-state index >= 15 is 0 Å². The third-order valence-corrected chi connectivity index (χ3v) is 3.67. The van der Waals surface area contributed by atoms with Gasteiger partial charge in [-0.05, 0) is 37.7 Å². The maximum absolute atomic E-state index is 8.74. The molecule has 23 heavy (non-hydrogen) atoms. The van der Waals surface area contributed by atoms with Crippen molar-refractivity contribution >= 4 is 21.9 Å². The van der Waals surface area contributed by atoms with Crippen LogP contribution in [0.1, 0.15) is 43.2 Å². The minimum Gasteiger partial charge on any atom is -0.266 e. The number of rotatable bonds is 1. The fourth-order valence-corrected chi connectivity index (χ4v) is 2.64. The Morgan fingerprint density at radius 1 is 1.04 bits per heavy atom. The summed E-state index contributed by atoms with van der Waals surface area (Å²) in [7, 11) is -4.67. The second-order valence-electron chi connectivity index (χ2n) is 5.44. The van der Waals surface area contributed by atoms with Gasteiger partial charge in [-0.2, -0.15) is 13.5 Å². The van der Waals surface area contributed by atoms with Crippen molar-refractivity contribution in [2.45, 2.75) is 38.5 Å². The molecule has 1 aliphatic carbocycles. The van der Waals surface area contributed by atoms with E-state index in [0.717, 1.165) is 31.6 Å². The third-order valence-electron chi connectivity index (χ3n) is 3.67. The third kappa shape index (κ3) is 6.47. The Balaban J connectivity index is 0.000000338. The lowest BCUT2D eigenvalue weighted by atomic mass is 9.99. The molecule has 1 aromatic carbocycles. The molecule has 0 unspecified atom stereocenters. The number of hydrogen-bond donors (Lipinski definition) is 3. The second-order valence-corrected chi connectivity index (χ2v) is 6.33. The number of nitrogens with zero attached hydrogens (tertiary/aromatic N) is 2. The number of aliphatic imine (C=N–C) groups is 1. The Labute approximate surface area is 136 Å². The molecule has 3 rings (SSSR count). The van der Waals surface area contributed by atoms with E-state index in [1.807, 2.05) is 0 Å². The summed E-state index contributed by atoms with van der Waals surface area (Å²) in [5, 5.41) is 4.54. The Hall–Kier alpha value is -1.77. The molecule has 0 bridgehead atoms. The van der Waals surface area contributed by atoms with Crippen LogP contribution in [-0.4, -0.2) is 35.6 Å². The molecule has 126 valence electrons. The lowest BCUT2D eigenvalue weighted by Gasteiger charge is -2.17. The SMILES string of the molecule is O=S(=O)(O)O.c1ccc2c(c1)CCN=C2NN=C1CCCCC1. The highest BCUT2D eigenvalue weighted by Crippen LogP contribution is 2.16. The summed E-state index contributed by atoms with van der Waals surface area (Å²) in [4.78, 5) is 4.55. The normalized spacial score (nSPS) is 17.3. The van der Waals surface area contributed by atoms with Crippen LogP contribution in [0, 0.1) is 0 Å². The number of nitrogens with one attached hydrogen (secondary N) is 1. The predicted molar refractivity (Wildman–Crippen MR) is 89.4 cm³/mol. The minimum atomic E-state index is -4.67. The van der Waals surface area contributed by atoms with Crippen LogP contribution in [0.5, 0.6) is 0 Å². The zero-order valence-corrected chi connectivity index (χ0v) is 13.6. The van der Waals surface area contributed by atoms with Crippen LogP contribution in [-0.2, 0) is 16.8 Å². The molecule has 1 aliphatic heterocycles. The molecule has 1 aromatic rings. The average molecular weight is 339 g/mol. The van der Waals surface area contributed by atoms with Gasteiger partial charge in [0, 0.05) is 17.8 Å². The van der Waals surface area contributed by atoms with E-state index in [1.54, 1.807) is 0 Å². The van der Waals surface area contributed by atoms with Crippen LogP contribution in [0.4, 0.5) is 0 Å². The van der Waals surface area contributed by atoms with Crippen LogP contribution >= 0.6 is 0 Å². The van der Waals surface area contributed by atoms with Crippen molar-refractivity contribution in [1.29, 1.82) is 0 Å². The second kappa shape index (κ2) is 8.19. The zero-order chi connectivity index (χ0) is 16.7. The minimum absolute atomic E-state index is 0.865. The van der Waals surface area contributed by atoms with E-state index in [4.69, 9.17) is 17.5 Å². The molecule has 0 amide bonds. The summed E-state index contributed by atoms with van der Waals surface area (Å²) in [5.41, 5.74) is 7.07. The summed E-state index contributed by atoms with van der Waals surface area (Å²) in [5.74, 6) is 0.940. The van der Waals surface area contributed by atoms with Crippen molar-refractivity contribution in [1.82, 2.24) is 5.43 Å². The van der Waals surface area contributed by atoms with Gasteiger partial charge in [0.1, 0.15) is 5.84 Å². The summed E-state index contributed by atoms with van der Waals surface area (Å²) in [6.45, 7) is 0.865. The van der Waals surface area contributed by atoms with Crippen LogP contribution < -0.4 is 5.43 Å². The Bertz CT molecular complexity index is 682. The number of hydrazone groups is 1. The molecule has 2 aliphatic rings. The summed E-state index contributed by atoms with van der Waals surface area (Å²) >= 11 is 0. The highest BCUT2D eigenvalue weighted by Gasteiger charge is 2.13. The molecule has 0 radical (unpaired) electrons. The largest absolute Gasteiger partial charge is 0.394 e. The van der Waals surface area contributed by atoms with Gasteiger partial charge in [0.15, 0.2) is 0 Å². The summed E-state index contributed by atoms with van der Waals surface area (Å²) in [6.07, 6.45) is 7.23. The van der Waals surface area contributed by atoms with Gasteiger partial charge in [-0.3, -0.25) is 19.5 Å². The van der Waals surface area contributed by atoms with Crippen LogP contribution in [0.25, 0.3) is 0 Å².